The van der Waals surface area contributed by atoms with E-state index in [0.717, 1.165) is 6.54 Å². The first-order valence-electron chi connectivity index (χ1n) is 6.03. The monoisotopic (exact) mass is 259 g/mol. The van der Waals surface area contributed by atoms with E-state index in [-0.39, 0.29) is 11.4 Å². The molecule has 17 heavy (non-hydrogen) atoms. The number of amides is 1. The van der Waals surface area contributed by atoms with Crippen molar-refractivity contribution >= 4 is 23.2 Å². The van der Waals surface area contributed by atoms with Crippen molar-refractivity contribution in [3.63, 3.8) is 0 Å². The maximum absolute atomic E-state index is 11.5. The molecule has 0 rings (SSSR count). The summed E-state index contributed by atoms with van der Waals surface area (Å²) in [4.78, 5) is 11.5. The van der Waals surface area contributed by atoms with Crippen LogP contribution in [0.5, 0.6) is 0 Å². The van der Waals surface area contributed by atoms with Crippen molar-refractivity contribution in [2.45, 2.75) is 46.6 Å². The summed E-state index contributed by atoms with van der Waals surface area (Å²) >= 11 is 5.08. The summed E-state index contributed by atoms with van der Waals surface area (Å²) in [5.41, 5.74) is -0.173. The second-order valence-electron chi connectivity index (χ2n) is 5.58. The van der Waals surface area contributed by atoms with Gasteiger partial charge in [-0.25, -0.2) is 0 Å². The van der Waals surface area contributed by atoms with Gasteiger partial charge >= 0.3 is 0 Å². The van der Waals surface area contributed by atoms with E-state index >= 15 is 0 Å². The molecule has 100 valence electrons. The Hall–Kier alpha value is -0.840. The summed E-state index contributed by atoms with van der Waals surface area (Å²) in [6.45, 7) is 11.5. The van der Waals surface area contributed by atoms with Gasteiger partial charge in [0.05, 0.1) is 0 Å². The average molecular weight is 259 g/mol. The van der Waals surface area contributed by atoms with E-state index in [4.69, 9.17) is 12.2 Å². The Morgan fingerprint density at radius 1 is 1.24 bits per heavy atom. The molecule has 5 heteroatoms. The van der Waals surface area contributed by atoms with E-state index in [0.29, 0.717) is 24.0 Å². The SMILES string of the molecule is CC(C)CNC(=S)NCCC(=O)NC(C)(C)C. The highest BCUT2D eigenvalue weighted by molar-refractivity contribution is 7.80. The third-order valence-electron chi connectivity index (χ3n) is 1.82. The highest BCUT2D eigenvalue weighted by Gasteiger charge is 2.12. The van der Waals surface area contributed by atoms with E-state index in [1.165, 1.54) is 0 Å². The fraction of sp³-hybridized carbons (Fsp3) is 0.833. The third kappa shape index (κ3) is 11.4. The lowest BCUT2D eigenvalue weighted by Gasteiger charge is -2.20. The zero-order valence-corrected chi connectivity index (χ0v) is 12.3. The summed E-state index contributed by atoms with van der Waals surface area (Å²) in [7, 11) is 0. The molecule has 0 unspecified atom stereocenters. The van der Waals surface area contributed by atoms with Gasteiger partial charge in [0, 0.05) is 25.0 Å². The predicted molar refractivity (Wildman–Crippen MR) is 76.0 cm³/mol. The van der Waals surface area contributed by atoms with Crippen LogP contribution in [0.1, 0.15) is 41.0 Å². The highest BCUT2D eigenvalue weighted by Crippen LogP contribution is 1.98. The van der Waals surface area contributed by atoms with Crippen molar-refractivity contribution in [1.29, 1.82) is 0 Å². The van der Waals surface area contributed by atoms with Gasteiger partial charge in [-0.15, -0.1) is 0 Å². The zero-order valence-electron chi connectivity index (χ0n) is 11.5. The van der Waals surface area contributed by atoms with Crippen molar-refractivity contribution in [3.05, 3.63) is 0 Å². The predicted octanol–water partition coefficient (Wildman–Crippen LogP) is 1.41. The molecule has 0 aliphatic rings. The van der Waals surface area contributed by atoms with Gasteiger partial charge in [0.1, 0.15) is 0 Å². The number of hydrogen-bond donors (Lipinski definition) is 3. The van der Waals surface area contributed by atoms with E-state index in [2.05, 4.69) is 29.8 Å². The first-order valence-corrected chi connectivity index (χ1v) is 6.44. The Morgan fingerprint density at radius 2 is 1.82 bits per heavy atom. The lowest BCUT2D eigenvalue weighted by molar-refractivity contribution is -0.122. The first-order chi connectivity index (χ1) is 7.70. The normalized spacial score (nSPS) is 11.2. The van der Waals surface area contributed by atoms with Crippen LogP contribution in [0.25, 0.3) is 0 Å². The number of rotatable bonds is 5. The molecular weight excluding hydrogens is 234 g/mol. The van der Waals surface area contributed by atoms with Crippen LogP contribution < -0.4 is 16.0 Å². The molecule has 0 aliphatic carbocycles. The fourth-order valence-corrected chi connectivity index (χ4v) is 1.32. The van der Waals surface area contributed by atoms with Crippen molar-refractivity contribution in [2.75, 3.05) is 13.1 Å². The van der Waals surface area contributed by atoms with Crippen molar-refractivity contribution in [3.8, 4) is 0 Å². The van der Waals surface area contributed by atoms with Crippen LogP contribution in [0.2, 0.25) is 0 Å². The van der Waals surface area contributed by atoms with Gasteiger partial charge in [-0.3, -0.25) is 4.79 Å². The van der Waals surface area contributed by atoms with Crippen LogP contribution in [0.4, 0.5) is 0 Å². The van der Waals surface area contributed by atoms with Crippen LogP contribution in [0.15, 0.2) is 0 Å². The molecule has 0 fully saturated rings. The molecule has 0 bridgehead atoms. The standard InChI is InChI=1S/C12H25N3OS/c1-9(2)8-14-11(17)13-7-6-10(16)15-12(3,4)5/h9H,6-8H2,1-5H3,(H,15,16)(H2,13,14,17). The maximum atomic E-state index is 11.5. The van der Waals surface area contributed by atoms with Gasteiger partial charge in [0.25, 0.3) is 0 Å². The van der Waals surface area contributed by atoms with E-state index < -0.39 is 0 Å². The molecule has 1 amide bonds. The molecule has 3 N–H and O–H groups in total. The number of nitrogens with one attached hydrogen (secondary N) is 3. The zero-order chi connectivity index (χ0) is 13.5. The fourth-order valence-electron chi connectivity index (χ4n) is 1.13. The smallest absolute Gasteiger partial charge is 0.222 e. The number of hydrogen-bond acceptors (Lipinski definition) is 2. The Labute approximate surface area is 110 Å². The van der Waals surface area contributed by atoms with Gasteiger partial charge < -0.3 is 16.0 Å². The molecule has 0 aromatic carbocycles. The van der Waals surface area contributed by atoms with Crippen LogP contribution in [0, 0.1) is 5.92 Å². The second kappa shape index (κ2) is 7.48. The summed E-state index contributed by atoms with van der Waals surface area (Å²) < 4.78 is 0. The van der Waals surface area contributed by atoms with E-state index in [1.54, 1.807) is 0 Å². The van der Waals surface area contributed by atoms with Gasteiger partial charge in [0.15, 0.2) is 5.11 Å². The molecule has 0 aromatic rings. The molecule has 0 spiro atoms. The van der Waals surface area contributed by atoms with Gasteiger partial charge in [0.2, 0.25) is 5.91 Å². The van der Waals surface area contributed by atoms with Crippen LogP contribution in [-0.2, 0) is 4.79 Å². The summed E-state index contributed by atoms with van der Waals surface area (Å²) in [6.07, 6.45) is 0.431. The van der Waals surface area contributed by atoms with Crippen LogP contribution >= 0.6 is 12.2 Å². The lowest BCUT2D eigenvalue weighted by atomic mass is 10.1. The lowest BCUT2D eigenvalue weighted by Crippen LogP contribution is -2.43. The van der Waals surface area contributed by atoms with Gasteiger partial charge in [-0.1, -0.05) is 13.8 Å². The largest absolute Gasteiger partial charge is 0.362 e. The summed E-state index contributed by atoms with van der Waals surface area (Å²) in [6, 6.07) is 0. The third-order valence-corrected chi connectivity index (χ3v) is 2.11. The Balaban J connectivity index is 3.63. The topological polar surface area (TPSA) is 53.2 Å². The minimum Gasteiger partial charge on any atom is -0.362 e. The van der Waals surface area contributed by atoms with Crippen molar-refractivity contribution in [1.82, 2.24) is 16.0 Å². The number of thiocarbonyl (C=S) groups is 1. The van der Waals surface area contributed by atoms with Crippen molar-refractivity contribution in [2.24, 2.45) is 5.92 Å². The maximum Gasteiger partial charge on any atom is 0.222 e. The molecule has 0 heterocycles. The molecule has 0 aromatic heterocycles. The molecule has 0 saturated carbocycles. The molecule has 4 nitrogen and oxygen atoms in total. The van der Waals surface area contributed by atoms with E-state index in [1.807, 2.05) is 20.8 Å². The minimum absolute atomic E-state index is 0.0386. The quantitative estimate of drug-likeness (QED) is 0.654. The molecule has 0 aliphatic heterocycles. The minimum atomic E-state index is -0.173. The number of carbonyl (C=O) groups excluding carboxylic acids is 1. The first kappa shape index (κ1) is 16.2. The van der Waals surface area contributed by atoms with Crippen LogP contribution in [0.3, 0.4) is 0 Å². The van der Waals surface area contributed by atoms with Crippen molar-refractivity contribution < 1.29 is 4.79 Å². The summed E-state index contributed by atoms with van der Waals surface area (Å²) in [5, 5.41) is 9.62. The highest BCUT2D eigenvalue weighted by atomic mass is 32.1. The Kier molecular flexibility index (Phi) is 7.11. The van der Waals surface area contributed by atoms with Gasteiger partial charge in [-0.2, -0.15) is 0 Å². The number of carbonyl (C=O) groups is 1. The molecule has 0 saturated heterocycles. The summed E-state index contributed by atoms with van der Waals surface area (Å²) in [5.74, 6) is 0.593. The average Bonchev–Trinajstić information content (AvgIpc) is 2.11. The van der Waals surface area contributed by atoms with Gasteiger partial charge in [-0.05, 0) is 38.9 Å². The molecule has 0 radical (unpaired) electrons. The second-order valence-corrected chi connectivity index (χ2v) is 5.99. The molecule has 0 atom stereocenters. The Bertz CT molecular complexity index is 259. The Morgan fingerprint density at radius 3 is 2.29 bits per heavy atom. The van der Waals surface area contributed by atoms with E-state index in [9.17, 15) is 4.79 Å². The van der Waals surface area contributed by atoms with Crippen LogP contribution in [-0.4, -0.2) is 29.6 Å². The molecular formula is C12H25N3OS.